The van der Waals surface area contributed by atoms with Crippen molar-refractivity contribution in [3.8, 4) is 5.75 Å². The fraction of sp³-hybridized carbons (Fsp3) is 0.0667. The Morgan fingerprint density at radius 1 is 1.05 bits per heavy atom. The van der Waals surface area contributed by atoms with Crippen LogP contribution < -0.4 is 4.90 Å². The SMILES string of the molecule is O=C1Cc2ccccc2C(=O)N1c1cc(Cl)c(O)c(Cl)c1. The largest absolute Gasteiger partial charge is 0.505 e. The van der Waals surface area contributed by atoms with E-state index in [0.29, 0.717) is 11.1 Å². The van der Waals surface area contributed by atoms with Crippen LogP contribution in [0, 0.1) is 0 Å². The van der Waals surface area contributed by atoms with Gasteiger partial charge < -0.3 is 5.11 Å². The zero-order valence-electron chi connectivity index (χ0n) is 10.6. The van der Waals surface area contributed by atoms with Crippen LogP contribution in [-0.4, -0.2) is 16.9 Å². The number of phenols is 1. The van der Waals surface area contributed by atoms with Crippen LogP contribution in [-0.2, 0) is 11.2 Å². The number of nitrogens with zero attached hydrogens (tertiary/aromatic N) is 1. The van der Waals surface area contributed by atoms with E-state index in [4.69, 9.17) is 23.2 Å². The average Bonchev–Trinajstić information content (AvgIpc) is 2.44. The number of halogens is 2. The fourth-order valence-corrected chi connectivity index (χ4v) is 2.78. The van der Waals surface area contributed by atoms with Crippen molar-refractivity contribution < 1.29 is 14.7 Å². The first kappa shape index (κ1) is 13.9. The van der Waals surface area contributed by atoms with Crippen molar-refractivity contribution in [3.63, 3.8) is 0 Å². The highest BCUT2D eigenvalue weighted by atomic mass is 35.5. The molecule has 0 unspecified atom stereocenters. The van der Waals surface area contributed by atoms with Gasteiger partial charge in [0.25, 0.3) is 5.91 Å². The predicted molar refractivity (Wildman–Crippen MR) is 80.1 cm³/mol. The van der Waals surface area contributed by atoms with Crippen LogP contribution in [0.25, 0.3) is 0 Å². The Labute approximate surface area is 130 Å². The summed E-state index contributed by atoms with van der Waals surface area (Å²) < 4.78 is 0. The van der Waals surface area contributed by atoms with Crippen LogP contribution in [0.1, 0.15) is 15.9 Å². The van der Waals surface area contributed by atoms with Gasteiger partial charge in [-0.1, -0.05) is 41.4 Å². The molecule has 0 atom stereocenters. The molecule has 21 heavy (non-hydrogen) atoms. The number of carbonyl (C=O) groups is 2. The lowest BCUT2D eigenvalue weighted by atomic mass is 9.98. The highest BCUT2D eigenvalue weighted by Crippen LogP contribution is 2.37. The van der Waals surface area contributed by atoms with Gasteiger partial charge in [-0.25, -0.2) is 4.90 Å². The van der Waals surface area contributed by atoms with Gasteiger partial charge in [0.05, 0.1) is 22.2 Å². The number of rotatable bonds is 1. The third-order valence-electron chi connectivity index (χ3n) is 3.30. The molecule has 3 rings (SSSR count). The molecule has 0 saturated heterocycles. The molecule has 1 aliphatic heterocycles. The minimum Gasteiger partial charge on any atom is -0.505 e. The first-order valence-electron chi connectivity index (χ1n) is 6.12. The second kappa shape index (κ2) is 5.06. The van der Waals surface area contributed by atoms with Crippen LogP contribution in [0.5, 0.6) is 5.75 Å². The zero-order chi connectivity index (χ0) is 15.1. The predicted octanol–water partition coefficient (Wildman–Crippen LogP) is 3.43. The molecule has 1 aliphatic rings. The molecule has 0 bridgehead atoms. The Hall–Kier alpha value is -2.04. The Morgan fingerprint density at radius 3 is 2.33 bits per heavy atom. The maximum absolute atomic E-state index is 12.5. The summed E-state index contributed by atoms with van der Waals surface area (Å²) in [5.74, 6) is -1.07. The first-order chi connectivity index (χ1) is 9.99. The van der Waals surface area contributed by atoms with Gasteiger partial charge in [0.15, 0.2) is 5.75 Å². The molecule has 0 saturated carbocycles. The van der Waals surface area contributed by atoms with Crippen LogP contribution in [0.2, 0.25) is 10.0 Å². The zero-order valence-corrected chi connectivity index (χ0v) is 12.1. The average molecular weight is 322 g/mol. The van der Waals surface area contributed by atoms with Gasteiger partial charge in [0, 0.05) is 5.56 Å². The lowest BCUT2D eigenvalue weighted by Crippen LogP contribution is -2.42. The second-order valence-corrected chi connectivity index (χ2v) is 5.44. The van der Waals surface area contributed by atoms with E-state index in [1.165, 1.54) is 12.1 Å². The Balaban J connectivity index is 2.12. The van der Waals surface area contributed by atoms with Crippen LogP contribution in [0.3, 0.4) is 0 Å². The van der Waals surface area contributed by atoms with Gasteiger partial charge in [-0.05, 0) is 23.8 Å². The number of hydrogen-bond acceptors (Lipinski definition) is 3. The van der Waals surface area contributed by atoms with E-state index < -0.39 is 5.91 Å². The molecule has 2 aromatic carbocycles. The van der Waals surface area contributed by atoms with Gasteiger partial charge in [-0.15, -0.1) is 0 Å². The van der Waals surface area contributed by atoms with Gasteiger partial charge in [0.2, 0.25) is 5.91 Å². The lowest BCUT2D eigenvalue weighted by molar-refractivity contribution is -0.117. The molecule has 2 aromatic rings. The van der Waals surface area contributed by atoms with Crippen molar-refractivity contribution in [2.45, 2.75) is 6.42 Å². The van der Waals surface area contributed by atoms with Gasteiger partial charge in [0.1, 0.15) is 0 Å². The second-order valence-electron chi connectivity index (χ2n) is 4.63. The summed E-state index contributed by atoms with van der Waals surface area (Å²) in [5.41, 5.74) is 1.41. The van der Waals surface area contributed by atoms with Crippen LogP contribution >= 0.6 is 23.2 Å². The summed E-state index contributed by atoms with van der Waals surface area (Å²) in [6, 6.07) is 9.61. The topological polar surface area (TPSA) is 57.6 Å². The standard InChI is InChI=1S/C15H9Cl2NO3/c16-11-6-9(7-12(17)14(11)20)18-13(19)5-8-3-1-2-4-10(8)15(18)21/h1-4,6-7,20H,5H2. The number of benzene rings is 2. The van der Waals surface area contributed by atoms with Crippen molar-refractivity contribution in [1.29, 1.82) is 0 Å². The number of anilines is 1. The van der Waals surface area contributed by atoms with E-state index in [1.807, 2.05) is 0 Å². The number of amides is 2. The van der Waals surface area contributed by atoms with Gasteiger partial charge in [-0.3, -0.25) is 9.59 Å². The van der Waals surface area contributed by atoms with Gasteiger partial charge >= 0.3 is 0 Å². The maximum Gasteiger partial charge on any atom is 0.265 e. The quantitative estimate of drug-likeness (QED) is 0.819. The van der Waals surface area contributed by atoms with E-state index in [9.17, 15) is 14.7 Å². The normalized spacial score (nSPS) is 14.3. The molecule has 4 nitrogen and oxygen atoms in total. The molecular formula is C15H9Cl2NO3. The summed E-state index contributed by atoms with van der Waals surface area (Å²) in [6.45, 7) is 0. The van der Waals surface area contributed by atoms with E-state index in [2.05, 4.69) is 0 Å². The molecule has 0 aliphatic carbocycles. The Bertz CT molecular complexity index is 750. The molecule has 0 aromatic heterocycles. The van der Waals surface area contributed by atoms with Crippen molar-refractivity contribution in [3.05, 3.63) is 57.6 Å². The van der Waals surface area contributed by atoms with Crippen molar-refractivity contribution in [2.75, 3.05) is 4.90 Å². The smallest absolute Gasteiger partial charge is 0.265 e. The Kier molecular flexibility index (Phi) is 3.35. The number of carbonyl (C=O) groups excluding carboxylic acids is 2. The number of fused-ring (bicyclic) bond motifs is 1. The molecule has 1 N–H and O–H groups in total. The molecule has 0 fully saturated rings. The molecule has 2 amide bonds. The number of imide groups is 1. The molecule has 6 heteroatoms. The molecule has 0 spiro atoms. The molecular weight excluding hydrogens is 313 g/mol. The summed E-state index contributed by atoms with van der Waals surface area (Å²) in [4.78, 5) is 25.8. The maximum atomic E-state index is 12.5. The molecule has 1 heterocycles. The lowest BCUT2D eigenvalue weighted by Gasteiger charge is -2.27. The summed E-state index contributed by atoms with van der Waals surface area (Å²) in [7, 11) is 0. The number of hydrogen-bond donors (Lipinski definition) is 1. The first-order valence-corrected chi connectivity index (χ1v) is 6.88. The van der Waals surface area contributed by atoms with Crippen molar-refractivity contribution >= 4 is 40.7 Å². The fourth-order valence-electron chi connectivity index (χ4n) is 2.30. The van der Waals surface area contributed by atoms with E-state index in [-0.39, 0.29) is 33.8 Å². The minimum absolute atomic E-state index is 0.0167. The van der Waals surface area contributed by atoms with E-state index >= 15 is 0 Å². The van der Waals surface area contributed by atoms with Gasteiger partial charge in [-0.2, -0.15) is 0 Å². The highest BCUT2D eigenvalue weighted by molar-refractivity contribution is 6.38. The molecule has 0 radical (unpaired) electrons. The minimum atomic E-state index is -0.431. The van der Waals surface area contributed by atoms with E-state index in [0.717, 1.165) is 4.90 Å². The highest BCUT2D eigenvalue weighted by Gasteiger charge is 2.32. The van der Waals surface area contributed by atoms with Crippen molar-refractivity contribution in [2.24, 2.45) is 0 Å². The Morgan fingerprint density at radius 2 is 1.67 bits per heavy atom. The monoisotopic (exact) mass is 321 g/mol. The van der Waals surface area contributed by atoms with Crippen molar-refractivity contribution in [1.82, 2.24) is 0 Å². The van der Waals surface area contributed by atoms with E-state index in [1.54, 1.807) is 24.3 Å². The number of aromatic hydroxyl groups is 1. The summed E-state index contributed by atoms with van der Waals surface area (Å²) in [5, 5.41) is 9.53. The number of phenolic OH excluding ortho intramolecular Hbond substituents is 1. The van der Waals surface area contributed by atoms with Crippen LogP contribution in [0.15, 0.2) is 36.4 Å². The third kappa shape index (κ3) is 2.26. The van der Waals surface area contributed by atoms with Crippen LogP contribution in [0.4, 0.5) is 5.69 Å². The third-order valence-corrected chi connectivity index (χ3v) is 3.88. The summed E-state index contributed by atoms with van der Waals surface area (Å²) in [6.07, 6.45) is 0.123. The molecule has 106 valence electrons. The summed E-state index contributed by atoms with van der Waals surface area (Å²) >= 11 is 11.7.